The molecule has 0 atom stereocenters. The highest BCUT2D eigenvalue weighted by molar-refractivity contribution is 6.01. The van der Waals surface area contributed by atoms with Crippen LogP contribution in [0.5, 0.6) is 0 Å². The number of nitrogens with zero attached hydrogens (tertiary/aromatic N) is 1. The number of nitrogens with two attached hydrogens (primary N) is 1. The third kappa shape index (κ3) is 2.58. The lowest BCUT2D eigenvalue weighted by molar-refractivity contribution is 0.152. The number of rotatable bonds is 2. The summed E-state index contributed by atoms with van der Waals surface area (Å²) in [7, 11) is 0. The predicted octanol–water partition coefficient (Wildman–Crippen LogP) is 1.51. The molecule has 1 aliphatic heterocycles. The molecule has 4 nitrogen and oxygen atoms in total. The van der Waals surface area contributed by atoms with Crippen molar-refractivity contribution in [3.8, 4) is 0 Å². The van der Waals surface area contributed by atoms with E-state index in [2.05, 4.69) is 17.9 Å². The number of hydrogen-bond acceptors (Lipinski definition) is 3. The third-order valence-electron chi connectivity index (χ3n) is 3.07. The van der Waals surface area contributed by atoms with Gasteiger partial charge in [-0.3, -0.25) is 5.41 Å². The van der Waals surface area contributed by atoms with Gasteiger partial charge >= 0.3 is 0 Å². The van der Waals surface area contributed by atoms with Crippen LogP contribution in [0.15, 0.2) is 18.2 Å². The Morgan fingerprint density at radius 2 is 2.18 bits per heavy atom. The normalized spacial score (nSPS) is 16.6. The lowest BCUT2D eigenvalue weighted by Crippen LogP contribution is -2.29. The second-order valence-electron chi connectivity index (χ2n) is 4.34. The number of nitrogens with one attached hydrogen (secondary N) is 1. The minimum atomic E-state index is 0.133. The first-order valence-electron chi connectivity index (χ1n) is 5.97. The van der Waals surface area contributed by atoms with Crippen LogP contribution >= 0.6 is 0 Å². The third-order valence-corrected chi connectivity index (χ3v) is 3.07. The van der Waals surface area contributed by atoms with Gasteiger partial charge in [0.25, 0.3) is 0 Å². The fourth-order valence-corrected chi connectivity index (χ4v) is 2.27. The van der Waals surface area contributed by atoms with Crippen molar-refractivity contribution in [2.24, 2.45) is 5.73 Å². The van der Waals surface area contributed by atoms with Gasteiger partial charge in [-0.15, -0.1) is 0 Å². The number of ether oxygens (including phenoxy) is 1. The summed E-state index contributed by atoms with van der Waals surface area (Å²) < 4.78 is 5.46. The lowest BCUT2D eigenvalue weighted by Gasteiger charge is -2.26. The highest BCUT2D eigenvalue weighted by Crippen LogP contribution is 2.25. The first-order chi connectivity index (χ1) is 8.20. The van der Waals surface area contributed by atoms with E-state index in [1.807, 2.05) is 12.1 Å². The van der Waals surface area contributed by atoms with Crippen LogP contribution in [0.4, 0.5) is 5.69 Å². The van der Waals surface area contributed by atoms with E-state index >= 15 is 0 Å². The van der Waals surface area contributed by atoms with Gasteiger partial charge in [-0.1, -0.05) is 12.1 Å². The molecule has 0 saturated carbocycles. The van der Waals surface area contributed by atoms with Crippen LogP contribution < -0.4 is 10.6 Å². The van der Waals surface area contributed by atoms with Crippen LogP contribution in [-0.2, 0) is 4.74 Å². The van der Waals surface area contributed by atoms with Gasteiger partial charge in [-0.25, -0.2) is 0 Å². The van der Waals surface area contributed by atoms with E-state index in [9.17, 15) is 0 Å². The zero-order valence-corrected chi connectivity index (χ0v) is 10.2. The first kappa shape index (κ1) is 11.9. The van der Waals surface area contributed by atoms with Crippen molar-refractivity contribution >= 4 is 11.5 Å². The molecule has 3 N–H and O–H groups in total. The monoisotopic (exact) mass is 233 g/mol. The molecule has 92 valence electrons. The van der Waals surface area contributed by atoms with Crippen molar-refractivity contribution in [2.45, 2.75) is 13.3 Å². The molecule has 1 fully saturated rings. The van der Waals surface area contributed by atoms with Gasteiger partial charge in [-0.2, -0.15) is 0 Å². The largest absolute Gasteiger partial charge is 0.384 e. The van der Waals surface area contributed by atoms with Crippen molar-refractivity contribution in [3.63, 3.8) is 0 Å². The maximum Gasteiger partial charge on any atom is 0.124 e. The Morgan fingerprint density at radius 3 is 2.94 bits per heavy atom. The molecule has 17 heavy (non-hydrogen) atoms. The minimum absolute atomic E-state index is 0.133. The number of nitrogen functional groups attached to an aromatic ring is 1. The lowest BCUT2D eigenvalue weighted by atomic mass is 10.1. The number of para-hydroxylation sites is 1. The molecular weight excluding hydrogens is 214 g/mol. The average Bonchev–Trinajstić information content (AvgIpc) is 2.57. The van der Waals surface area contributed by atoms with Gasteiger partial charge in [0.15, 0.2) is 0 Å². The Morgan fingerprint density at radius 1 is 1.35 bits per heavy atom. The van der Waals surface area contributed by atoms with Gasteiger partial charge in [0, 0.05) is 25.3 Å². The van der Waals surface area contributed by atoms with Crippen molar-refractivity contribution < 1.29 is 4.74 Å². The molecule has 0 aromatic heterocycles. The highest BCUT2D eigenvalue weighted by Gasteiger charge is 2.16. The molecule has 0 amide bonds. The molecule has 1 aromatic rings. The Labute approximate surface area is 102 Å². The maximum atomic E-state index is 7.67. The fraction of sp³-hybridized carbons (Fsp3) is 0.462. The molecule has 4 heteroatoms. The molecule has 0 radical (unpaired) electrons. The van der Waals surface area contributed by atoms with Crippen molar-refractivity contribution in [1.29, 1.82) is 5.41 Å². The summed E-state index contributed by atoms with van der Waals surface area (Å²) in [6.45, 7) is 5.45. The summed E-state index contributed by atoms with van der Waals surface area (Å²) in [6, 6.07) is 5.92. The molecule has 1 heterocycles. The predicted molar refractivity (Wildman–Crippen MR) is 69.8 cm³/mol. The molecule has 0 spiro atoms. The molecule has 1 saturated heterocycles. The van der Waals surface area contributed by atoms with Crippen molar-refractivity contribution in [2.75, 3.05) is 31.2 Å². The molecule has 0 bridgehead atoms. The number of benzene rings is 1. The van der Waals surface area contributed by atoms with Crippen molar-refractivity contribution in [3.05, 3.63) is 29.3 Å². The van der Waals surface area contributed by atoms with E-state index in [4.69, 9.17) is 15.9 Å². The van der Waals surface area contributed by atoms with E-state index in [1.165, 1.54) is 5.56 Å². The number of hydrogen-bond donors (Lipinski definition) is 2. The molecule has 1 aromatic carbocycles. The van der Waals surface area contributed by atoms with Crippen LogP contribution in [0.2, 0.25) is 0 Å². The van der Waals surface area contributed by atoms with Crippen molar-refractivity contribution in [1.82, 2.24) is 0 Å². The molecular formula is C13H19N3O. The van der Waals surface area contributed by atoms with E-state index in [1.54, 1.807) is 0 Å². The van der Waals surface area contributed by atoms with Crippen LogP contribution in [0.25, 0.3) is 0 Å². The van der Waals surface area contributed by atoms with Crippen LogP contribution in [0.3, 0.4) is 0 Å². The second kappa shape index (κ2) is 5.19. The van der Waals surface area contributed by atoms with Gasteiger partial charge < -0.3 is 15.4 Å². The Balaban J connectivity index is 2.37. The summed E-state index contributed by atoms with van der Waals surface area (Å²) >= 11 is 0. The van der Waals surface area contributed by atoms with E-state index in [0.29, 0.717) is 0 Å². The van der Waals surface area contributed by atoms with Gasteiger partial charge in [0.2, 0.25) is 0 Å². The average molecular weight is 233 g/mol. The van der Waals surface area contributed by atoms with Crippen LogP contribution in [0.1, 0.15) is 17.5 Å². The summed E-state index contributed by atoms with van der Waals surface area (Å²) in [6.07, 6.45) is 1.02. The smallest absolute Gasteiger partial charge is 0.124 e. The number of aryl methyl sites for hydroxylation is 1. The number of amidine groups is 1. The number of anilines is 1. The van der Waals surface area contributed by atoms with Gasteiger partial charge in [0.1, 0.15) is 5.84 Å². The highest BCUT2D eigenvalue weighted by atomic mass is 16.5. The summed E-state index contributed by atoms with van der Waals surface area (Å²) in [4.78, 5) is 2.28. The SMILES string of the molecule is Cc1cccc(C(=N)N)c1N1CCCOCC1. The minimum Gasteiger partial charge on any atom is -0.384 e. The molecule has 0 aliphatic carbocycles. The molecule has 2 rings (SSSR count). The quantitative estimate of drug-likeness (QED) is 0.601. The van der Waals surface area contributed by atoms with Gasteiger partial charge in [0.05, 0.1) is 12.3 Å². The summed E-state index contributed by atoms with van der Waals surface area (Å²) in [5.74, 6) is 0.133. The Bertz CT molecular complexity index is 409. The maximum absolute atomic E-state index is 7.67. The fourth-order valence-electron chi connectivity index (χ4n) is 2.27. The zero-order valence-electron chi connectivity index (χ0n) is 10.2. The summed E-state index contributed by atoms with van der Waals surface area (Å²) in [5, 5.41) is 7.67. The van der Waals surface area contributed by atoms with E-state index < -0.39 is 0 Å². The Kier molecular flexibility index (Phi) is 3.64. The van der Waals surface area contributed by atoms with Crippen LogP contribution in [0, 0.1) is 12.3 Å². The second-order valence-corrected chi connectivity index (χ2v) is 4.34. The Hall–Kier alpha value is -1.55. The standard InChI is InChI=1S/C13H19N3O/c1-10-4-2-5-11(13(14)15)12(10)16-6-3-8-17-9-7-16/h2,4-5H,3,6-9H2,1H3,(H3,14,15). The molecule has 1 aliphatic rings. The first-order valence-corrected chi connectivity index (χ1v) is 5.97. The van der Waals surface area contributed by atoms with Gasteiger partial charge in [-0.05, 0) is 25.0 Å². The molecule has 0 unspecified atom stereocenters. The van der Waals surface area contributed by atoms with E-state index in [0.717, 1.165) is 44.0 Å². The topological polar surface area (TPSA) is 62.3 Å². The van der Waals surface area contributed by atoms with Crippen LogP contribution in [-0.4, -0.2) is 32.1 Å². The summed E-state index contributed by atoms with van der Waals surface area (Å²) in [5.41, 5.74) is 8.74. The zero-order chi connectivity index (χ0) is 12.3. The van der Waals surface area contributed by atoms with E-state index in [-0.39, 0.29) is 5.84 Å².